The quantitative estimate of drug-likeness (QED) is 0.834. The van der Waals surface area contributed by atoms with Gasteiger partial charge in [-0.3, -0.25) is 4.68 Å². The molecule has 0 fully saturated rings. The van der Waals surface area contributed by atoms with Crippen LogP contribution in [0.15, 0.2) is 22.7 Å². The highest BCUT2D eigenvalue weighted by Crippen LogP contribution is 2.25. The van der Waals surface area contributed by atoms with Gasteiger partial charge in [-0.05, 0) is 31.0 Å². The van der Waals surface area contributed by atoms with Gasteiger partial charge in [0.2, 0.25) is 10.0 Å². The largest absolute Gasteiger partial charge is 0.391 e. The fourth-order valence-corrected chi connectivity index (χ4v) is 4.25. The van der Waals surface area contributed by atoms with Gasteiger partial charge in [-0.15, -0.1) is 11.3 Å². The molecule has 0 unspecified atom stereocenters. The first kappa shape index (κ1) is 15.2. The molecule has 0 aliphatic heterocycles. The predicted molar refractivity (Wildman–Crippen MR) is 77.1 cm³/mol. The van der Waals surface area contributed by atoms with E-state index in [0.29, 0.717) is 11.4 Å². The smallest absolute Gasteiger partial charge is 0.250 e. The summed E-state index contributed by atoms with van der Waals surface area (Å²) in [5, 5.41) is 13.2. The molecule has 0 aliphatic rings. The van der Waals surface area contributed by atoms with Crippen molar-refractivity contribution in [1.29, 1.82) is 0 Å². The Hall–Kier alpha value is -1.22. The molecule has 0 spiro atoms. The van der Waals surface area contributed by atoms with Crippen LogP contribution in [-0.2, 0) is 23.2 Å². The molecule has 0 bridgehead atoms. The molecule has 2 rings (SSSR count). The van der Waals surface area contributed by atoms with Crippen LogP contribution in [0.2, 0.25) is 0 Å². The molecule has 0 atom stereocenters. The topological polar surface area (TPSA) is 84.2 Å². The Balaban J connectivity index is 2.00. The third kappa shape index (κ3) is 3.45. The molecule has 0 amide bonds. The molecule has 8 heteroatoms. The van der Waals surface area contributed by atoms with Crippen molar-refractivity contribution in [2.45, 2.75) is 31.2 Å². The molecule has 2 N–H and O–H groups in total. The number of hydrogen-bond donors (Lipinski definition) is 2. The maximum atomic E-state index is 12.1. The summed E-state index contributed by atoms with van der Waals surface area (Å²) in [5.74, 6) is 0. The Bertz CT molecular complexity index is 689. The number of nitrogens with one attached hydrogen (secondary N) is 1. The first-order chi connectivity index (χ1) is 9.42. The summed E-state index contributed by atoms with van der Waals surface area (Å²) in [6.45, 7) is 4.32. The third-order valence-electron chi connectivity index (χ3n) is 2.80. The molecule has 0 saturated carbocycles. The highest BCUT2D eigenvalue weighted by molar-refractivity contribution is 7.91. The van der Waals surface area contributed by atoms with Gasteiger partial charge in [0.1, 0.15) is 4.21 Å². The van der Waals surface area contributed by atoms with E-state index in [1.807, 2.05) is 13.1 Å². The summed E-state index contributed by atoms with van der Waals surface area (Å²) < 4.78 is 28.7. The monoisotopic (exact) mass is 315 g/mol. The van der Waals surface area contributed by atoms with Crippen molar-refractivity contribution in [2.75, 3.05) is 6.54 Å². The van der Waals surface area contributed by atoms with Gasteiger partial charge in [-0.25, -0.2) is 13.1 Å². The maximum absolute atomic E-state index is 12.1. The Morgan fingerprint density at radius 2 is 2.20 bits per heavy atom. The molecule has 110 valence electrons. The van der Waals surface area contributed by atoms with E-state index in [2.05, 4.69) is 9.82 Å². The van der Waals surface area contributed by atoms with Crippen LogP contribution in [-0.4, -0.2) is 29.8 Å². The van der Waals surface area contributed by atoms with Crippen LogP contribution in [0, 0.1) is 13.8 Å². The van der Waals surface area contributed by atoms with Crippen LogP contribution >= 0.6 is 11.3 Å². The van der Waals surface area contributed by atoms with E-state index < -0.39 is 10.0 Å². The average Bonchev–Trinajstić information content (AvgIpc) is 2.95. The number of aliphatic hydroxyl groups is 1. The van der Waals surface area contributed by atoms with E-state index >= 15 is 0 Å². The van der Waals surface area contributed by atoms with Gasteiger partial charge in [-0.1, -0.05) is 0 Å². The lowest BCUT2D eigenvalue weighted by atomic mass is 10.3. The summed E-state index contributed by atoms with van der Waals surface area (Å²) >= 11 is 1.09. The molecule has 0 saturated heterocycles. The Labute approximate surface area is 122 Å². The molecule has 0 aliphatic carbocycles. The van der Waals surface area contributed by atoms with E-state index in [0.717, 1.165) is 22.5 Å². The van der Waals surface area contributed by atoms with Crippen LogP contribution in [0.25, 0.3) is 0 Å². The lowest BCUT2D eigenvalue weighted by Crippen LogP contribution is -2.27. The van der Waals surface area contributed by atoms with Crippen molar-refractivity contribution in [1.82, 2.24) is 14.5 Å². The lowest BCUT2D eigenvalue weighted by Gasteiger charge is -2.04. The number of aliphatic hydroxyl groups excluding tert-OH is 1. The normalized spacial score (nSPS) is 11.9. The zero-order valence-corrected chi connectivity index (χ0v) is 13.0. The van der Waals surface area contributed by atoms with Gasteiger partial charge in [0.25, 0.3) is 0 Å². The molecule has 6 nitrogen and oxygen atoms in total. The van der Waals surface area contributed by atoms with Gasteiger partial charge in [0.15, 0.2) is 0 Å². The van der Waals surface area contributed by atoms with E-state index in [4.69, 9.17) is 5.11 Å². The van der Waals surface area contributed by atoms with Crippen molar-refractivity contribution in [3.8, 4) is 0 Å². The minimum atomic E-state index is -3.52. The van der Waals surface area contributed by atoms with Crippen LogP contribution in [0.4, 0.5) is 0 Å². The summed E-state index contributed by atoms with van der Waals surface area (Å²) in [5.41, 5.74) is 1.83. The van der Waals surface area contributed by atoms with Crippen molar-refractivity contribution >= 4 is 21.4 Å². The molecular weight excluding hydrogens is 298 g/mol. The highest BCUT2D eigenvalue weighted by Gasteiger charge is 2.18. The van der Waals surface area contributed by atoms with Gasteiger partial charge >= 0.3 is 0 Å². The van der Waals surface area contributed by atoms with E-state index in [1.54, 1.807) is 23.9 Å². The summed E-state index contributed by atoms with van der Waals surface area (Å²) in [7, 11) is -3.52. The fourth-order valence-electron chi connectivity index (χ4n) is 1.73. The number of aryl methyl sites for hydroxylation is 2. The number of nitrogens with zero attached hydrogens (tertiary/aromatic N) is 2. The van der Waals surface area contributed by atoms with E-state index in [1.165, 1.54) is 0 Å². The Kier molecular flexibility index (Phi) is 4.59. The summed E-state index contributed by atoms with van der Waals surface area (Å²) in [6, 6.07) is 1.58. The first-order valence-corrected chi connectivity index (χ1v) is 8.41. The van der Waals surface area contributed by atoms with Crippen LogP contribution < -0.4 is 4.72 Å². The second-order valence-electron chi connectivity index (χ2n) is 4.51. The molecule has 2 heterocycles. The van der Waals surface area contributed by atoms with E-state index in [-0.39, 0.29) is 17.4 Å². The second kappa shape index (κ2) is 6.04. The number of aromatic nitrogens is 2. The molecule has 0 aromatic carbocycles. The number of hydrogen-bond acceptors (Lipinski definition) is 5. The molecule has 2 aromatic rings. The zero-order valence-electron chi connectivity index (χ0n) is 11.3. The summed E-state index contributed by atoms with van der Waals surface area (Å²) in [4.78, 5) is 0.674. The molecule has 2 aromatic heterocycles. The zero-order chi connectivity index (χ0) is 14.8. The van der Waals surface area contributed by atoms with Crippen molar-refractivity contribution < 1.29 is 13.5 Å². The number of rotatable bonds is 6. The third-order valence-corrected chi connectivity index (χ3v) is 5.96. The number of sulfonamides is 1. The number of thiophene rings is 1. The van der Waals surface area contributed by atoms with Crippen LogP contribution in [0.3, 0.4) is 0 Å². The highest BCUT2D eigenvalue weighted by atomic mass is 32.2. The second-order valence-corrected chi connectivity index (χ2v) is 7.64. The lowest BCUT2D eigenvalue weighted by molar-refractivity contribution is 0.285. The van der Waals surface area contributed by atoms with Crippen molar-refractivity contribution in [3.63, 3.8) is 0 Å². The average molecular weight is 315 g/mol. The van der Waals surface area contributed by atoms with Crippen LogP contribution in [0.1, 0.15) is 16.0 Å². The Morgan fingerprint density at radius 3 is 2.75 bits per heavy atom. The minimum absolute atomic E-state index is 0.140. The Morgan fingerprint density at radius 1 is 1.45 bits per heavy atom. The van der Waals surface area contributed by atoms with Gasteiger partial charge in [0, 0.05) is 17.6 Å². The van der Waals surface area contributed by atoms with Gasteiger partial charge in [0.05, 0.1) is 19.3 Å². The van der Waals surface area contributed by atoms with E-state index in [9.17, 15) is 8.42 Å². The van der Waals surface area contributed by atoms with Crippen molar-refractivity contribution in [3.05, 3.63) is 34.5 Å². The first-order valence-electron chi connectivity index (χ1n) is 6.11. The fraction of sp³-hybridized carbons (Fsp3) is 0.417. The minimum Gasteiger partial charge on any atom is -0.391 e. The van der Waals surface area contributed by atoms with Gasteiger partial charge < -0.3 is 5.11 Å². The standard InChI is InChI=1S/C12H17N3O3S2/c1-9-6-13-15(7-9)4-3-14-20(17,18)12-5-10(2)11(8-16)19-12/h5-7,14,16H,3-4,8H2,1-2H3. The molecule has 20 heavy (non-hydrogen) atoms. The summed E-state index contributed by atoms with van der Waals surface area (Å²) in [6.07, 6.45) is 3.58. The predicted octanol–water partition coefficient (Wildman–Crippen LogP) is 1.03. The maximum Gasteiger partial charge on any atom is 0.250 e. The SMILES string of the molecule is Cc1cnn(CCNS(=O)(=O)c2cc(C)c(CO)s2)c1. The molecule has 0 radical (unpaired) electrons. The van der Waals surface area contributed by atoms with Crippen molar-refractivity contribution in [2.24, 2.45) is 0 Å². The molecular formula is C12H17N3O3S2. The van der Waals surface area contributed by atoms with Crippen LogP contribution in [0.5, 0.6) is 0 Å². The van der Waals surface area contributed by atoms with Gasteiger partial charge in [-0.2, -0.15) is 5.10 Å².